The van der Waals surface area contributed by atoms with E-state index in [4.69, 9.17) is 14.1 Å². The van der Waals surface area contributed by atoms with Crippen molar-refractivity contribution in [3.8, 4) is 22.3 Å². The van der Waals surface area contributed by atoms with Gasteiger partial charge in [0.1, 0.15) is 17.4 Å². The number of nitrogens with zero attached hydrogens (tertiary/aromatic N) is 3. The van der Waals surface area contributed by atoms with Crippen molar-refractivity contribution in [2.75, 3.05) is 38.1 Å². The van der Waals surface area contributed by atoms with Gasteiger partial charge < -0.3 is 24.3 Å². The first-order chi connectivity index (χ1) is 17.7. The molecule has 1 fully saturated rings. The lowest BCUT2D eigenvalue weighted by atomic mass is 10.0. The highest BCUT2D eigenvalue weighted by Gasteiger charge is 2.17. The van der Waals surface area contributed by atoms with E-state index in [2.05, 4.69) is 46.4 Å². The second-order valence-corrected chi connectivity index (χ2v) is 10.6. The first kappa shape index (κ1) is 24.8. The molecule has 0 bridgehead atoms. The Bertz CT molecular complexity index is 1380. The standard InChI is InChI=1S/C30H34N4O3/c1-30(2,3)37-29(35)32-18-21-6-5-7-23(16-21)26-20-36-27-17-24(19-31-28(26)27)22-8-10-25(11-9-22)34-14-12-33(4)13-15-34/h5-11,16-17,19-20H,12-15,18H2,1-4H3,(H,32,35). The van der Waals surface area contributed by atoms with Gasteiger partial charge in [0.15, 0.2) is 5.58 Å². The topological polar surface area (TPSA) is 70.8 Å². The molecule has 4 aromatic rings. The number of furan rings is 1. The van der Waals surface area contributed by atoms with Gasteiger partial charge in [-0.25, -0.2) is 4.79 Å². The van der Waals surface area contributed by atoms with Crippen molar-refractivity contribution in [1.29, 1.82) is 0 Å². The lowest BCUT2D eigenvalue weighted by Crippen LogP contribution is -2.44. The molecule has 3 heterocycles. The van der Waals surface area contributed by atoms with Gasteiger partial charge in [-0.15, -0.1) is 0 Å². The maximum atomic E-state index is 12.0. The summed E-state index contributed by atoms with van der Waals surface area (Å²) in [5, 5.41) is 2.81. The maximum absolute atomic E-state index is 12.0. The number of carbonyl (C=O) groups is 1. The molecule has 2 aromatic carbocycles. The minimum atomic E-state index is -0.529. The average molecular weight is 499 g/mol. The van der Waals surface area contributed by atoms with E-state index in [-0.39, 0.29) is 0 Å². The van der Waals surface area contributed by atoms with Crippen molar-refractivity contribution in [2.24, 2.45) is 0 Å². The molecule has 7 nitrogen and oxygen atoms in total. The van der Waals surface area contributed by atoms with E-state index in [0.717, 1.165) is 65.1 Å². The molecule has 0 aliphatic carbocycles. The minimum Gasteiger partial charge on any atom is -0.462 e. The Kier molecular flexibility index (Phi) is 6.89. The fraction of sp³-hybridized carbons (Fsp3) is 0.333. The number of carbonyl (C=O) groups excluding carboxylic acids is 1. The first-order valence-corrected chi connectivity index (χ1v) is 12.7. The molecule has 37 heavy (non-hydrogen) atoms. The number of rotatable bonds is 5. The van der Waals surface area contributed by atoms with Gasteiger partial charge in [0.25, 0.3) is 0 Å². The zero-order chi connectivity index (χ0) is 26.0. The molecular formula is C30H34N4O3. The molecule has 1 saturated heterocycles. The van der Waals surface area contributed by atoms with E-state index in [1.165, 1.54) is 5.69 Å². The number of nitrogens with one attached hydrogen (secondary N) is 1. The number of alkyl carbamates (subject to hydrolysis) is 1. The van der Waals surface area contributed by atoms with Gasteiger partial charge in [-0.05, 0) is 68.8 Å². The van der Waals surface area contributed by atoms with Crippen LogP contribution in [0.3, 0.4) is 0 Å². The van der Waals surface area contributed by atoms with E-state index in [9.17, 15) is 4.79 Å². The van der Waals surface area contributed by atoms with E-state index in [1.807, 2.05) is 57.3 Å². The number of anilines is 1. The number of likely N-dealkylation sites (N-methyl/N-ethyl adjacent to an activating group) is 1. The van der Waals surface area contributed by atoms with E-state index >= 15 is 0 Å². The molecule has 0 spiro atoms. The maximum Gasteiger partial charge on any atom is 0.407 e. The van der Waals surface area contributed by atoms with Crippen molar-refractivity contribution in [1.82, 2.24) is 15.2 Å². The Hall–Kier alpha value is -3.84. The van der Waals surface area contributed by atoms with Crippen LogP contribution in [0.2, 0.25) is 0 Å². The summed E-state index contributed by atoms with van der Waals surface area (Å²) in [6, 6.07) is 18.7. The molecule has 5 rings (SSSR count). The highest BCUT2D eigenvalue weighted by atomic mass is 16.6. The number of aromatic nitrogens is 1. The number of pyridine rings is 1. The van der Waals surface area contributed by atoms with Crippen molar-refractivity contribution in [3.63, 3.8) is 0 Å². The van der Waals surface area contributed by atoms with Gasteiger partial charge in [-0.1, -0.05) is 30.3 Å². The van der Waals surface area contributed by atoms with E-state index in [1.54, 1.807) is 6.26 Å². The Morgan fingerprint density at radius 2 is 1.76 bits per heavy atom. The van der Waals surface area contributed by atoms with Gasteiger partial charge in [0.2, 0.25) is 0 Å². The molecule has 2 aromatic heterocycles. The van der Waals surface area contributed by atoms with Crippen molar-refractivity contribution in [2.45, 2.75) is 32.9 Å². The smallest absolute Gasteiger partial charge is 0.407 e. The molecule has 1 aliphatic rings. The number of hydrogen-bond acceptors (Lipinski definition) is 6. The molecular weight excluding hydrogens is 464 g/mol. The molecule has 0 unspecified atom stereocenters. The number of benzene rings is 2. The number of piperazine rings is 1. The molecule has 7 heteroatoms. The number of amides is 1. The quantitative estimate of drug-likeness (QED) is 0.367. The summed E-state index contributed by atoms with van der Waals surface area (Å²) in [5.41, 5.74) is 7.29. The number of fused-ring (bicyclic) bond motifs is 1. The summed E-state index contributed by atoms with van der Waals surface area (Å²) in [5.74, 6) is 0. The fourth-order valence-corrected chi connectivity index (χ4v) is 4.54. The number of ether oxygens (including phenoxy) is 1. The van der Waals surface area contributed by atoms with Crippen LogP contribution in [0.1, 0.15) is 26.3 Å². The highest BCUT2D eigenvalue weighted by Crippen LogP contribution is 2.32. The molecule has 0 saturated carbocycles. The van der Waals surface area contributed by atoms with Crippen LogP contribution in [0.4, 0.5) is 10.5 Å². The fourth-order valence-electron chi connectivity index (χ4n) is 4.54. The Morgan fingerprint density at radius 1 is 1.00 bits per heavy atom. The van der Waals surface area contributed by atoms with E-state index < -0.39 is 11.7 Å². The van der Waals surface area contributed by atoms with Crippen LogP contribution in [0.25, 0.3) is 33.4 Å². The third-order valence-electron chi connectivity index (χ3n) is 6.55. The Morgan fingerprint density at radius 3 is 2.49 bits per heavy atom. The van der Waals surface area contributed by atoms with Crippen LogP contribution in [0.5, 0.6) is 0 Å². The zero-order valence-corrected chi connectivity index (χ0v) is 22.0. The Balaban J connectivity index is 1.31. The van der Waals surface area contributed by atoms with Crippen LogP contribution in [0, 0.1) is 0 Å². The van der Waals surface area contributed by atoms with Crippen molar-refractivity contribution < 1.29 is 13.9 Å². The molecule has 192 valence electrons. The summed E-state index contributed by atoms with van der Waals surface area (Å²) in [6.45, 7) is 10.2. The molecule has 0 atom stereocenters. The van der Waals surface area contributed by atoms with Gasteiger partial charge >= 0.3 is 6.09 Å². The lowest BCUT2D eigenvalue weighted by Gasteiger charge is -2.34. The summed E-state index contributed by atoms with van der Waals surface area (Å²) in [4.78, 5) is 21.6. The summed E-state index contributed by atoms with van der Waals surface area (Å²) in [6.07, 6.45) is 3.22. The third-order valence-corrected chi connectivity index (χ3v) is 6.55. The minimum absolute atomic E-state index is 0.375. The summed E-state index contributed by atoms with van der Waals surface area (Å²) < 4.78 is 11.3. The summed E-state index contributed by atoms with van der Waals surface area (Å²) >= 11 is 0. The average Bonchev–Trinajstić information content (AvgIpc) is 3.31. The van der Waals surface area contributed by atoms with Crippen molar-refractivity contribution in [3.05, 3.63) is 72.6 Å². The predicted octanol–water partition coefficient (Wildman–Crippen LogP) is 5.94. The highest BCUT2D eigenvalue weighted by molar-refractivity contribution is 5.92. The van der Waals surface area contributed by atoms with Gasteiger partial charge in [-0.2, -0.15) is 0 Å². The van der Waals surface area contributed by atoms with Gasteiger partial charge in [0, 0.05) is 55.7 Å². The van der Waals surface area contributed by atoms with Crippen LogP contribution in [0.15, 0.2) is 71.5 Å². The second-order valence-electron chi connectivity index (χ2n) is 10.6. The van der Waals surface area contributed by atoms with E-state index in [0.29, 0.717) is 6.54 Å². The summed E-state index contributed by atoms with van der Waals surface area (Å²) in [7, 11) is 2.17. The largest absolute Gasteiger partial charge is 0.462 e. The van der Waals surface area contributed by atoms with Crippen LogP contribution < -0.4 is 10.2 Å². The number of hydrogen-bond donors (Lipinski definition) is 1. The second kappa shape index (κ2) is 10.3. The molecule has 1 aliphatic heterocycles. The SMILES string of the molecule is CN1CCN(c2ccc(-c3cnc4c(-c5cccc(CNC(=O)OC(C)(C)C)c5)coc4c3)cc2)CC1. The lowest BCUT2D eigenvalue weighted by molar-refractivity contribution is 0.0523. The van der Waals surface area contributed by atoms with Gasteiger partial charge in [-0.3, -0.25) is 4.98 Å². The van der Waals surface area contributed by atoms with Crippen molar-refractivity contribution >= 4 is 22.9 Å². The predicted molar refractivity (Wildman–Crippen MR) is 148 cm³/mol. The normalized spacial score (nSPS) is 14.6. The molecule has 1 N–H and O–H groups in total. The van der Waals surface area contributed by atoms with Crippen LogP contribution in [-0.4, -0.2) is 54.8 Å². The monoisotopic (exact) mass is 498 g/mol. The van der Waals surface area contributed by atoms with Crippen LogP contribution in [-0.2, 0) is 11.3 Å². The molecule has 0 radical (unpaired) electrons. The first-order valence-electron chi connectivity index (χ1n) is 12.7. The zero-order valence-electron chi connectivity index (χ0n) is 22.0. The molecule has 1 amide bonds. The Labute approximate surface area is 218 Å². The van der Waals surface area contributed by atoms with Gasteiger partial charge in [0.05, 0.1) is 0 Å². The third kappa shape index (κ3) is 5.94. The van der Waals surface area contributed by atoms with Crippen LogP contribution >= 0.6 is 0 Å².